The third-order valence-corrected chi connectivity index (χ3v) is 4.09. The molecule has 0 amide bonds. The predicted molar refractivity (Wildman–Crippen MR) is 93.8 cm³/mol. The highest BCUT2D eigenvalue weighted by molar-refractivity contribution is 5.89. The van der Waals surface area contributed by atoms with Crippen LogP contribution in [-0.4, -0.2) is 27.3 Å². The first kappa shape index (κ1) is 15.3. The number of aryl methyl sites for hydroxylation is 1. The van der Waals surface area contributed by atoms with Crippen molar-refractivity contribution in [1.29, 1.82) is 0 Å². The highest BCUT2D eigenvalue weighted by Crippen LogP contribution is 2.29. The average Bonchev–Trinajstić information content (AvgIpc) is 3.05. The zero-order valence-electron chi connectivity index (χ0n) is 13.7. The van der Waals surface area contributed by atoms with Crippen LogP contribution in [0.4, 0.5) is 4.39 Å². The van der Waals surface area contributed by atoms with E-state index in [0.29, 0.717) is 16.9 Å². The summed E-state index contributed by atoms with van der Waals surface area (Å²) in [4.78, 5) is 9.10. The Bertz CT molecular complexity index is 1070. The van der Waals surface area contributed by atoms with Crippen LogP contribution in [0.1, 0.15) is 5.56 Å². The van der Waals surface area contributed by atoms with Crippen molar-refractivity contribution in [3.05, 3.63) is 60.0 Å². The Labute approximate surface area is 143 Å². The second-order valence-electron chi connectivity index (χ2n) is 5.72. The molecular weight excluding hydrogens is 319 g/mol. The number of aromatic nitrogens is 4. The van der Waals surface area contributed by atoms with E-state index in [0.717, 1.165) is 28.1 Å². The predicted octanol–water partition coefficient (Wildman–Crippen LogP) is 4.14. The standard InChI is InChI=1S/C19H15FN4O/c1-11-8-13(20)6-7-15(11)17-18-19(24-23-17)21-10-16(22-18)12-4-3-5-14(9-12)25-2/h3-10H,1-2H3,(H,21,23,24). The van der Waals surface area contributed by atoms with E-state index in [1.807, 2.05) is 31.2 Å². The molecule has 124 valence electrons. The molecule has 25 heavy (non-hydrogen) atoms. The molecule has 0 radical (unpaired) electrons. The smallest absolute Gasteiger partial charge is 0.200 e. The van der Waals surface area contributed by atoms with E-state index in [2.05, 4.69) is 15.2 Å². The van der Waals surface area contributed by atoms with Crippen molar-refractivity contribution >= 4 is 11.2 Å². The zero-order chi connectivity index (χ0) is 17.4. The fourth-order valence-corrected chi connectivity index (χ4v) is 2.81. The van der Waals surface area contributed by atoms with Crippen LogP contribution in [0.5, 0.6) is 5.75 Å². The molecule has 0 bridgehead atoms. The lowest BCUT2D eigenvalue weighted by molar-refractivity contribution is 0.415. The number of methoxy groups -OCH3 is 1. The van der Waals surface area contributed by atoms with E-state index in [9.17, 15) is 4.39 Å². The number of hydrogen-bond donors (Lipinski definition) is 1. The lowest BCUT2D eigenvalue weighted by Gasteiger charge is -2.06. The average molecular weight is 334 g/mol. The second-order valence-corrected chi connectivity index (χ2v) is 5.72. The Morgan fingerprint density at radius 3 is 2.80 bits per heavy atom. The topological polar surface area (TPSA) is 63.7 Å². The van der Waals surface area contributed by atoms with Gasteiger partial charge in [-0.2, -0.15) is 5.10 Å². The third-order valence-electron chi connectivity index (χ3n) is 4.09. The summed E-state index contributed by atoms with van der Waals surface area (Å²) in [7, 11) is 1.62. The van der Waals surface area contributed by atoms with Gasteiger partial charge in [0.15, 0.2) is 5.65 Å². The Morgan fingerprint density at radius 1 is 1.12 bits per heavy atom. The molecular formula is C19H15FN4O. The van der Waals surface area contributed by atoms with E-state index in [4.69, 9.17) is 9.72 Å². The number of fused-ring (bicyclic) bond motifs is 1. The maximum absolute atomic E-state index is 13.4. The molecule has 2 aromatic heterocycles. The summed E-state index contributed by atoms with van der Waals surface area (Å²) < 4.78 is 18.7. The molecule has 0 aliphatic heterocycles. The van der Waals surface area contributed by atoms with Crippen LogP contribution in [0.15, 0.2) is 48.7 Å². The van der Waals surface area contributed by atoms with Crippen molar-refractivity contribution in [1.82, 2.24) is 20.2 Å². The molecule has 0 saturated carbocycles. The summed E-state index contributed by atoms with van der Waals surface area (Å²) in [5.74, 6) is 0.481. The quantitative estimate of drug-likeness (QED) is 0.611. The van der Waals surface area contributed by atoms with Crippen molar-refractivity contribution in [2.75, 3.05) is 7.11 Å². The zero-order valence-corrected chi connectivity index (χ0v) is 13.7. The molecule has 0 spiro atoms. The molecule has 0 unspecified atom stereocenters. The van der Waals surface area contributed by atoms with Gasteiger partial charge in [-0.1, -0.05) is 12.1 Å². The second kappa shape index (κ2) is 5.98. The number of H-pyrrole nitrogens is 1. The van der Waals surface area contributed by atoms with Crippen molar-refractivity contribution < 1.29 is 9.13 Å². The minimum atomic E-state index is -0.270. The van der Waals surface area contributed by atoms with Crippen LogP contribution in [0.25, 0.3) is 33.7 Å². The maximum Gasteiger partial charge on any atom is 0.200 e. The fourth-order valence-electron chi connectivity index (χ4n) is 2.81. The van der Waals surface area contributed by atoms with Crippen LogP contribution in [-0.2, 0) is 0 Å². The van der Waals surface area contributed by atoms with Crippen LogP contribution in [0.3, 0.4) is 0 Å². The van der Waals surface area contributed by atoms with Crippen LogP contribution in [0.2, 0.25) is 0 Å². The van der Waals surface area contributed by atoms with Gasteiger partial charge in [-0.25, -0.2) is 14.4 Å². The number of hydrogen-bond acceptors (Lipinski definition) is 4. The number of nitrogens with zero attached hydrogens (tertiary/aromatic N) is 3. The first-order valence-corrected chi connectivity index (χ1v) is 7.78. The highest BCUT2D eigenvalue weighted by atomic mass is 19.1. The number of nitrogens with one attached hydrogen (secondary N) is 1. The minimum Gasteiger partial charge on any atom is -0.497 e. The molecule has 4 rings (SSSR count). The Balaban J connectivity index is 1.88. The summed E-state index contributed by atoms with van der Waals surface area (Å²) in [5.41, 5.74) is 5.16. The normalized spacial score (nSPS) is 11.0. The third kappa shape index (κ3) is 2.71. The molecule has 4 aromatic rings. The van der Waals surface area contributed by atoms with Gasteiger partial charge in [-0.3, -0.25) is 5.10 Å². The summed E-state index contributed by atoms with van der Waals surface area (Å²) >= 11 is 0. The van der Waals surface area contributed by atoms with E-state index in [1.54, 1.807) is 19.4 Å². The van der Waals surface area contributed by atoms with Gasteiger partial charge in [0.05, 0.1) is 24.7 Å². The molecule has 2 heterocycles. The summed E-state index contributed by atoms with van der Waals surface area (Å²) in [6.45, 7) is 1.85. The van der Waals surface area contributed by atoms with Crippen molar-refractivity contribution in [3.63, 3.8) is 0 Å². The van der Waals surface area contributed by atoms with E-state index < -0.39 is 0 Å². The molecule has 0 aliphatic rings. The molecule has 6 heteroatoms. The SMILES string of the molecule is COc1cccc(-c2cnc3n[nH]c(-c4ccc(F)cc4C)c3n2)c1. The van der Waals surface area contributed by atoms with Gasteiger partial charge in [0.2, 0.25) is 0 Å². The fraction of sp³-hybridized carbons (Fsp3) is 0.105. The van der Waals surface area contributed by atoms with E-state index in [1.165, 1.54) is 12.1 Å². The van der Waals surface area contributed by atoms with Gasteiger partial charge >= 0.3 is 0 Å². The maximum atomic E-state index is 13.4. The van der Waals surface area contributed by atoms with Crippen molar-refractivity contribution in [2.45, 2.75) is 6.92 Å². The van der Waals surface area contributed by atoms with Gasteiger partial charge in [-0.15, -0.1) is 0 Å². The minimum absolute atomic E-state index is 0.270. The van der Waals surface area contributed by atoms with Crippen LogP contribution < -0.4 is 4.74 Å². The molecule has 2 aromatic carbocycles. The highest BCUT2D eigenvalue weighted by Gasteiger charge is 2.14. The Morgan fingerprint density at radius 2 is 2.00 bits per heavy atom. The van der Waals surface area contributed by atoms with Crippen molar-refractivity contribution in [2.24, 2.45) is 0 Å². The number of rotatable bonds is 3. The summed E-state index contributed by atoms with van der Waals surface area (Å²) in [6, 6.07) is 12.3. The Kier molecular flexibility index (Phi) is 3.65. The molecule has 0 aliphatic carbocycles. The van der Waals surface area contributed by atoms with Gasteiger partial charge in [0, 0.05) is 11.1 Å². The largest absolute Gasteiger partial charge is 0.497 e. The first-order valence-electron chi connectivity index (χ1n) is 7.78. The summed E-state index contributed by atoms with van der Waals surface area (Å²) in [6.07, 6.45) is 1.68. The number of halogens is 1. The van der Waals surface area contributed by atoms with Crippen molar-refractivity contribution in [3.8, 4) is 28.3 Å². The van der Waals surface area contributed by atoms with Gasteiger partial charge in [0.25, 0.3) is 0 Å². The molecule has 0 fully saturated rings. The number of aromatic amines is 1. The summed E-state index contributed by atoms with van der Waals surface area (Å²) in [5, 5.41) is 7.18. The van der Waals surface area contributed by atoms with Gasteiger partial charge in [-0.05, 0) is 42.8 Å². The lowest BCUT2D eigenvalue weighted by atomic mass is 10.0. The number of benzene rings is 2. The molecule has 1 N–H and O–H groups in total. The van der Waals surface area contributed by atoms with E-state index >= 15 is 0 Å². The van der Waals surface area contributed by atoms with Crippen LogP contribution in [0, 0.1) is 12.7 Å². The lowest BCUT2D eigenvalue weighted by Crippen LogP contribution is -1.91. The van der Waals surface area contributed by atoms with Gasteiger partial charge < -0.3 is 4.74 Å². The van der Waals surface area contributed by atoms with Crippen LogP contribution >= 0.6 is 0 Å². The molecule has 0 atom stereocenters. The van der Waals surface area contributed by atoms with Gasteiger partial charge in [0.1, 0.15) is 17.1 Å². The Hall–Kier alpha value is -3.28. The number of ether oxygens (including phenoxy) is 1. The monoisotopic (exact) mass is 334 g/mol. The van der Waals surface area contributed by atoms with E-state index in [-0.39, 0.29) is 5.82 Å². The molecule has 0 saturated heterocycles. The first-order chi connectivity index (χ1) is 12.2. The molecule has 5 nitrogen and oxygen atoms in total.